The second-order valence-electron chi connectivity index (χ2n) is 5.60. The molecular weight excluding hydrogens is 387 g/mol. The Kier molecular flexibility index (Phi) is 7.96. The first-order chi connectivity index (χ1) is 13.1. The molecule has 0 radical (unpaired) electrons. The number of ether oxygens (including phenoxy) is 3. The van der Waals surface area contributed by atoms with E-state index in [0.29, 0.717) is 0 Å². The van der Waals surface area contributed by atoms with Gasteiger partial charge in [0.2, 0.25) is 0 Å². The molecule has 0 bridgehead atoms. The van der Waals surface area contributed by atoms with Crippen LogP contribution in [0.3, 0.4) is 0 Å². The maximum atomic E-state index is 13.8. The summed E-state index contributed by atoms with van der Waals surface area (Å²) in [5.41, 5.74) is -1.16. The third-order valence-electron chi connectivity index (χ3n) is 3.94. The van der Waals surface area contributed by atoms with E-state index in [-0.39, 0.29) is 12.1 Å². The SMILES string of the molecule is COC(=O)C(C(=O)OC)[C@H](C)[C@@H](NC(=O)c1c(F)cc(F)cc1F)C(=O)OC. The molecule has 0 spiro atoms. The van der Waals surface area contributed by atoms with Crippen LogP contribution in [-0.2, 0) is 28.6 Å². The van der Waals surface area contributed by atoms with Crippen LogP contribution in [0.15, 0.2) is 12.1 Å². The molecule has 0 fully saturated rings. The molecule has 1 aromatic carbocycles. The molecule has 0 aliphatic heterocycles. The van der Waals surface area contributed by atoms with Crippen LogP contribution in [0.1, 0.15) is 17.3 Å². The number of carbonyl (C=O) groups is 4. The molecule has 154 valence electrons. The second-order valence-corrected chi connectivity index (χ2v) is 5.60. The summed E-state index contributed by atoms with van der Waals surface area (Å²) >= 11 is 0. The number of halogens is 3. The van der Waals surface area contributed by atoms with Gasteiger partial charge in [0.1, 0.15) is 29.1 Å². The second kappa shape index (κ2) is 9.72. The highest BCUT2D eigenvalue weighted by molar-refractivity contribution is 5.99. The Balaban J connectivity index is 3.28. The Morgan fingerprint density at radius 1 is 0.857 bits per heavy atom. The number of amides is 1. The van der Waals surface area contributed by atoms with Crippen LogP contribution >= 0.6 is 0 Å². The van der Waals surface area contributed by atoms with Gasteiger partial charge in [0.05, 0.1) is 21.3 Å². The summed E-state index contributed by atoms with van der Waals surface area (Å²) in [7, 11) is 2.93. The Morgan fingerprint density at radius 2 is 1.29 bits per heavy atom. The van der Waals surface area contributed by atoms with Gasteiger partial charge >= 0.3 is 17.9 Å². The summed E-state index contributed by atoms with van der Waals surface area (Å²) in [6, 6.07) is -1.13. The first-order valence-electron chi connectivity index (χ1n) is 7.77. The van der Waals surface area contributed by atoms with E-state index < -0.39 is 64.7 Å². The van der Waals surface area contributed by atoms with Gasteiger partial charge in [0, 0.05) is 18.1 Å². The zero-order chi connectivity index (χ0) is 21.6. The minimum absolute atomic E-state index is 0.278. The number of carbonyl (C=O) groups excluding carboxylic acids is 4. The van der Waals surface area contributed by atoms with E-state index in [0.717, 1.165) is 21.3 Å². The molecule has 0 aliphatic carbocycles. The summed E-state index contributed by atoms with van der Waals surface area (Å²) < 4.78 is 54.2. The molecule has 0 aliphatic rings. The van der Waals surface area contributed by atoms with Crippen LogP contribution in [0, 0.1) is 29.3 Å². The van der Waals surface area contributed by atoms with Crippen LogP contribution in [0.25, 0.3) is 0 Å². The van der Waals surface area contributed by atoms with Crippen LogP contribution in [0.5, 0.6) is 0 Å². The Hall–Kier alpha value is -3.11. The highest BCUT2D eigenvalue weighted by Crippen LogP contribution is 2.22. The highest BCUT2D eigenvalue weighted by atomic mass is 19.1. The minimum atomic E-state index is -1.69. The van der Waals surface area contributed by atoms with E-state index in [9.17, 15) is 32.3 Å². The monoisotopic (exact) mass is 405 g/mol. The van der Waals surface area contributed by atoms with Gasteiger partial charge in [-0.25, -0.2) is 18.0 Å². The van der Waals surface area contributed by atoms with Gasteiger partial charge < -0.3 is 19.5 Å². The lowest BCUT2D eigenvalue weighted by Crippen LogP contribution is -2.51. The summed E-state index contributed by atoms with van der Waals surface area (Å²) in [6.07, 6.45) is 0. The molecule has 8 nitrogen and oxygen atoms in total. The van der Waals surface area contributed by atoms with Crippen LogP contribution in [-0.4, -0.2) is 51.2 Å². The van der Waals surface area contributed by atoms with Gasteiger partial charge in [-0.15, -0.1) is 0 Å². The maximum Gasteiger partial charge on any atom is 0.328 e. The van der Waals surface area contributed by atoms with Crippen molar-refractivity contribution in [1.29, 1.82) is 0 Å². The molecule has 1 amide bonds. The van der Waals surface area contributed by atoms with Gasteiger partial charge in [0.15, 0.2) is 5.92 Å². The predicted molar refractivity (Wildman–Crippen MR) is 86.3 cm³/mol. The van der Waals surface area contributed by atoms with Crippen molar-refractivity contribution in [2.45, 2.75) is 13.0 Å². The normalized spacial score (nSPS) is 12.7. The summed E-state index contributed by atoms with van der Waals surface area (Å²) in [4.78, 5) is 48.2. The zero-order valence-electron chi connectivity index (χ0n) is 15.4. The molecule has 1 N–H and O–H groups in total. The Labute approximate surface area is 157 Å². The van der Waals surface area contributed by atoms with Crippen molar-refractivity contribution in [3.8, 4) is 0 Å². The third kappa shape index (κ3) is 4.99. The van der Waals surface area contributed by atoms with E-state index in [1.165, 1.54) is 6.92 Å². The Morgan fingerprint density at radius 3 is 1.68 bits per heavy atom. The lowest BCUT2D eigenvalue weighted by Gasteiger charge is -2.27. The highest BCUT2D eigenvalue weighted by Gasteiger charge is 2.42. The summed E-state index contributed by atoms with van der Waals surface area (Å²) in [6.45, 7) is 1.22. The Bertz CT molecular complexity index is 745. The summed E-state index contributed by atoms with van der Waals surface area (Å²) in [5.74, 6) is -11.9. The van der Waals surface area contributed by atoms with Crippen molar-refractivity contribution in [3.63, 3.8) is 0 Å². The van der Waals surface area contributed by atoms with Gasteiger partial charge in [-0.1, -0.05) is 6.92 Å². The molecule has 11 heteroatoms. The fourth-order valence-corrected chi connectivity index (χ4v) is 2.48. The molecule has 0 heterocycles. The zero-order valence-corrected chi connectivity index (χ0v) is 15.4. The van der Waals surface area contributed by atoms with E-state index in [1.54, 1.807) is 0 Å². The van der Waals surface area contributed by atoms with E-state index >= 15 is 0 Å². The number of esters is 3. The van der Waals surface area contributed by atoms with Crippen molar-refractivity contribution in [3.05, 3.63) is 35.1 Å². The van der Waals surface area contributed by atoms with Crippen molar-refractivity contribution < 1.29 is 46.6 Å². The molecule has 1 rings (SSSR count). The molecule has 2 atom stereocenters. The predicted octanol–water partition coefficient (Wildman–Crippen LogP) is 0.974. The lowest BCUT2D eigenvalue weighted by atomic mass is 9.87. The van der Waals surface area contributed by atoms with Crippen molar-refractivity contribution >= 4 is 23.8 Å². The fourth-order valence-electron chi connectivity index (χ4n) is 2.48. The standard InChI is InChI=1S/C17H18F3NO7/c1-7(11(15(23)26-2)16(24)27-3)13(17(25)28-4)21-14(22)12-9(19)5-8(18)6-10(12)20/h5-7,11,13H,1-4H3,(H,21,22)/t7-,13+/m0/s1. The molecule has 1 aromatic rings. The van der Waals surface area contributed by atoms with Crippen molar-refractivity contribution in [2.24, 2.45) is 11.8 Å². The molecule has 0 saturated heterocycles. The third-order valence-corrected chi connectivity index (χ3v) is 3.94. The van der Waals surface area contributed by atoms with Crippen molar-refractivity contribution in [1.82, 2.24) is 5.32 Å². The minimum Gasteiger partial charge on any atom is -0.468 e. The number of hydrogen-bond acceptors (Lipinski definition) is 7. The number of hydrogen-bond donors (Lipinski definition) is 1. The molecular formula is C17H18F3NO7. The van der Waals surface area contributed by atoms with E-state index in [1.807, 2.05) is 5.32 Å². The quantitative estimate of drug-likeness (QED) is 0.409. The molecule has 0 unspecified atom stereocenters. The number of methoxy groups -OCH3 is 3. The molecule has 28 heavy (non-hydrogen) atoms. The fraction of sp³-hybridized carbons (Fsp3) is 0.412. The first-order valence-corrected chi connectivity index (χ1v) is 7.77. The first kappa shape index (κ1) is 22.9. The van der Waals surface area contributed by atoms with Crippen molar-refractivity contribution in [2.75, 3.05) is 21.3 Å². The van der Waals surface area contributed by atoms with Crippen LogP contribution in [0.2, 0.25) is 0 Å². The van der Waals surface area contributed by atoms with E-state index in [2.05, 4.69) is 14.2 Å². The van der Waals surface area contributed by atoms with Crippen LogP contribution in [0.4, 0.5) is 13.2 Å². The van der Waals surface area contributed by atoms with Gasteiger partial charge in [-0.3, -0.25) is 14.4 Å². The summed E-state index contributed by atoms with van der Waals surface area (Å²) in [5, 5.41) is 1.99. The number of rotatable bonds is 7. The van der Waals surface area contributed by atoms with Gasteiger partial charge in [0.25, 0.3) is 5.91 Å². The maximum absolute atomic E-state index is 13.8. The van der Waals surface area contributed by atoms with Crippen LogP contribution < -0.4 is 5.32 Å². The molecule has 0 aromatic heterocycles. The number of benzene rings is 1. The smallest absolute Gasteiger partial charge is 0.328 e. The number of nitrogens with one attached hydrogen (secondary N) is 1. The molecule has 0 saturated carbocycles. The topological polar surface area (TPSA) is 108 Å². The lowest BCUT2D eigenvalue weighted by molar-refractivity contribution is -0.163. The van der Waals surface area contributed by atoms with E-state index in [4.69, 9.17) is 0 Å². The average Bonchev–Trinajstić information content (AvgIpc) is 2.64. The van der Waals surface area contributed by atoms with Gasteiger partial charge in [-0.05, 0) is 0 Å². The van der Waals surface area contributed by atoms with Gasteiger partial charge in [-0.2, -0.15) is 0 Å². The average molecular weight is 405 g/mol. The largest absolute Gasteiger partial charge is 0.468 e.